The van der Waals surface area contributed by atoms with Crippen molar-refractivity contribution in [3.05, 3.63) is 24.3 Å². The van der Waals surface area contributed by atoms with E-state index in [1.54, 1.807) is 0 Å². The molecule has 1 aliphatic rings. The molecular formula is C9H14O2. The zero-order valence-corrected chi connectivity index (χ0v) is 6.57. The SMILES string of the molecule is C1=CCC/C=C\CC1.O=CO. The third-order valence-corrected chi connectivity index (χ3v) is 1.33. The quantitative estimate of drug-likeness (QED) is 0.429. The fourth-order valence-electron chi connectivity index (χ4n) is 0.856. The molecule has 0 fully saturated rings. The first-order valence-electron chi connectivity index (χ1n) is 3.79. The Labute approximate surface area is 67.2 Å². The van der Waals surface area contributed by atoms with Crippen LogP contribution in [0.2, 0.25) is 0 Å². The third-order valence-electron chi connectivity index (χ3n) is 1.33. The van der Waals surface area contributed by atoms with Gasteiger partial charge >= 0.3 is 0 Å². The van der Waals surface area contributed by atoms with Gasteiger partial charge < -0.3 is 5.11 Å². The Morgan fingerprint density at radius 2 is 1.09 bits per heavy atom. The van der Waals surface area contributed by atoms with Crippen LogP contribution >= 0.6 is 0 Å². The molecule has 2 heteroatoms. The second kappa shape index (κ2) is 8.95. The van der Waals surface area contributed by atoms with Gasteiger partial charge in [-0.2, -0.15) is 0 Å². The van der Waals surface area contributed by atoms with Gasteiger partial charge in [0, 0.05) is 0 Å². The van der Waals surface area contributed by atoms with Crippen LogP contribution in [0.1, 0.15) is 25.7 Å². The van der Waals surface area contributed by atoms with Crippen LogP contribution in [-0.4, -0.2) is 11.6 Å². The molecule has 0 aliphatic heterocycles. The van der Waals surface area contributed by atoms with Crippen LogP contribution in [-0.2, 0) is 4.79 Å². The fourth-order valence-corrected chi connectivity index (χ4v) is 0.856. The van der Waals surface area contributed by atoms with E-state index in [1.165, 1.54) is 25.7 Å². The van der Waals surface area contributed by atoms with Crippen molar-refractivity contribution in [2.24, 2.45) is 0 Å². The molecule has 0 radical (unpaired) electrons. The van der Waals surface area contributed by atoms with Crippen LogP contribution in [0.25, 0.3) is 0 Å². The molecule has 0 aromatic heterocycles. The predicted octanol–water partition coefficient (Wildman–Crippen LogP) is 2.37. The lowest BCUT2D eigenvalue weighted by Crippen LogP contribution is -1.71. The van der Waals surface area contributed by atoms with E-state index in [0.29, 0.717) is 0 Å². The topological polar surface area (TPSA) is 37.3 Å². The Morgan fingerprint density at radius 3 is 1.27 bits per heavy atom. The van der Waals surface area contributed by atoms with Crippen molar-refractivity contribution < 1.29 is 9.90 Å². The summed E-state index contributed by atoms with van der Waals surface area (Å²) in [5.41, 5.74) is 0. The normalized spacial score (nSPS) is 18.5. The average molecular weight is 154 g/mol. The summed E-state index contributed by atoms with van der Waals surface area (Å²) in [5, 5.41) is 6.89. The van der Waals surface area contributed by atoms with Gasteiger partial charge in [-0.3, -0.25) is 4.79 Å². The lowest BCUT2D eigenvalue weighted by molar-refractivity contribution is -0.122. The molecule has 0 bridgehead atoms. The predicted molar refractivity (Wildman–Crippen MR) is 45.4 cm³/mol. The molecule has 1 aliphatic carbocycles. The maximum atomic E-state index is 8.36. The maximum Gasteiger partial charge on any atom is 0.290 e. The van der Waals surface area contributed by atoms with Crippen LogP contribution in [0.3, 0.4) is 0 Å². The smallest absolute Gasteiger partial charge is 0.290 e. The molecule has 0 amide bonds. The minimum atomic E-state index is -0.250. The molecule has 0 saturated carbocycles. The number of rotatable bonds is 0. The molecule has 0 unspecified atom stereocenters. The molecule has 0 aromatic rings. The summed E-state index contributed by atoms with van der Waals surface area (Å²) < 4.78 is 0. The van der Waals surface area contributed by atoms with Gasteiger partial charge in [0.1, 0.15) is 0 Å². The maximum absolute atomic E-state index is 8.36. The molecule has 1 N–H and O–H groups in total. The molecule has 62 valence electrons. The van der Waals surface area contributed by atoms with Gasteiger partial charge in [0.05, 0.1) is 0 Å². The third kappa shape index (κ3) is 8.95. The van der Waals surface area contributed by atoms with Gasteiger partial charge in [-0.25, -0.2) is 0 Å². The summed E-state index contributed by atoms with van der Waals surface area (Å²) in [5.74, 6) is 0. The fraction of sp³-hybridized carbons (Fsp3) is 0.444. The van der Waals surface area contributed by atoms with Crippen LogP contribution in [0.15, 0.2) is 24.3 Å². The van der Waals surface area contributed by atoms with Gasteiger partial charge in [0.25, 0.3) is 6.47 Å². The Morgan fingerprint density at radius 1 is 0.909 bits per heavy atom. The van der Waals surface area contributed by atoms with Gasteiger partial charge in [0.2, 0.25) is 0 Å². The highest BCUT2D eigenvalue weighted by molar-refractivity contribution is 5.32. The molecule has 0 spiro atoms. The van der Waals surface area contributed by atoms with E-state index >= 15 is 0 Å². The molecule has 0 heterocycles. The van der Waals surface area contributed by atoms with Crippen molar-refractivity contribution in [3.8, 4) is 0 Å². The van der Waals surface area contributed by atoms with E-state index < -0.39 is 0 Å². The minimum Gasteiger partial charge on any atom is -0.483 e. The summed E-state index contributed by atoms with van der Waals surface area (Å²) in [6.07, 6.45) is 14.0. The number of carbonyl (C=O) groups is 1. The number of carboxylic acid groups (broad SMARTS) is 1. The summed E-state index contributed by atoms with van der Waals surface area (Å²) in [4.78, 5) is 8.36. The Kier molecular flexibility index (Phi) is 8.10. The highest BCUT2D eigenvalue weighted by Gasteiger charge is 1.81. The van der Waals surface area contributed by atoms with E-state index in [4.69, 9.17) is 9.90 Å². The Hall–Kier alpha value is -1.05. The number of hydrogen-bond acceptors (Lipinski definition) is 1. The van der Waals surface area contributed by atoms with Crippen molar-refractivity contribution in [2.45, 2.75) is 25.7 Å². The molecule has 0 saturated heterocycles. The van der Waals surface area contributed by atoms with E-state index in [-0.39, 0.29) is 6.47 Å². The van der Waals surface area contributed by atoms with Crippen LogP contribution in [0, 0.1) is 0 Å². The summed E-state index contributed by atoms with van der Waals surface area (Å²) in [7, 11) is 0. The summed E-state index contributed by atoms with van der Waals surface area (Å²) in [6, 6.07) is 0. The van der Waals surface area contributed by atoms with Gasteiger partial charge in [-0.15, -0.1) is 0 Å². The first-order chi connectivity index (χ1) is 5.41. The van der Waals surface area contributed by atoms with Gasteiger partial charge in [-0.1, -0.05) is 24.3 Å². The molecule has 0 aromatic carbocycles. The Bertz CT molecular complexity index is 110. The molecule has 11 heavy (non-hydrogen) atoms. The van der Waals surface area contributed by atoms with E-state index in [9.17, 15) is 0 Å². The van der Waals surface area contributed by atoms with Gasteiger partial charge in [-0.05, 0) is 25.7 Å². The lowest BCUT2D eigenvalue weighted by Gasteiger charge is -1.92. The minimum absolute atomic E-state index is 0.250. The zero-order valence-electron chi connectivity index (χ0n) is 6.57. The number of hydrogen-bond donors (Lipinski definition) is 1. The summed E-state index contributed by atoms with van der Waals surface area (Å²) >= 11 is 0. The first-order valence-corrected chi connectivity index (χ1v) is 3.79. The van der Waals surface area contributed by atoms with Crippen LogP contribution in [0.4, 0.5) is 0 Å². The highest BCUT2D eigenvalue weighted by atomic mass is 16.3. The second-order valence-electron chi connectivity index (χ2n) is 2.20. The van der Waals surface area contributed by atoms with E-state index in [1.807, 2.05) is 0 Å². The largest absolute Gasteiger partial charge is 0.483 e. The van der Waals surface area contributed by atoms with Crippen LogP contribution in [0.5, 0.6) is 0 Å². The van der Waals surface area contributed by atoms with Crippen molar-refractivity contribution in [2.75, 3.05) is 0 Å². The van der Waals surface area contributed by atoms with E-state index in [2.05, 4.69) is 24.3 Å². The molecule has 1 rings (SSSR count). The second-order valence-corrected chi connectivity index (χ2v) is 2.20. The molecule has 2 nitrogen and oxygen atoms in total. The molecular weight excluding hydrogens is 140 g/mol. The van der Waals surface area contributed by atoms with Crippen molar-refractivity contribution in [1.29, 1.82) is 0 Å². The van der Waals surface area contributed by atoms with Crippen molar-refractivity contribution in [3.63, 3.8) is 0 Å². The van der Waals surface area contributed by atoms with Gasteiger partial charge in [0.15, 0.2) is 0 Å². The zero-order chi connectivity index (χ0) is 8.36. The lowest BCUT2D eigenvalue weighted by atomic mass is 10.1. The Balaban J connectivity index is 0.000000292. The first kappa shape index (κ1) is 9.95. The van der Waals surface area contributed by atoms with Crippen molar-refractivity contribution in [1.82, 2.24) is 0 Å². The standard InChI is InChI=1S/C8H12.CH2O2/c1-2-4-6-8-7-5-3-1;2-1-3/h1-2,7-8H,3-6H2;1H,(H,2,3)/b2-1-,8-7?;. The average Bonchev–Trinajstić information content (AvgIpc) is 1.86. The van der Waals surface area contributed by atoms with Crippen molar-refractivity contribution >= 4 is 6.47 Å². The molecule has 0 atom stereocenters. The monoisotopic (exact) mass is 154 g/mol. The highest BCUT2D eigenvalue weighted by Crippen LogP contribution is 2.02. The van der Waals surface area contributed by atoms with E-state index in [0.717, 1.165) is 0 Å². The summed E-state index contributed by atoms with van der Waals surface area (Å²) in [6.45, 7) is -0.250. The van der Waals surface area contributed by atoms with Crippen LogP contribution < -0.4 is 0 Å². The number of allylic oxidation sites excluding steroid dienone is 4.